The lowest BCUT2D eigenvalue weighted by atomic mass is 9.72. The van der Waals surface area contributed by atoms with Gasteiger partial charge < -0.3 is 11.1 Å². The van der Waals surface area contributed by atoms with E-state index in [2.05, 4.69) is 24.1 Å². The van der Waals surface area contributed by atoms with Crippen LogP contribution in [0.5, 0.6) is 0 Å². The van der Waals surface area contributed by atoms with Gasteiger partial charge in [-0.05, 0) is 24.7 Å². The van der Waals surface area contributed by atoms with Crippen LogP contribution in [0.2, 0.25) is 0 Å². The Morgan fingerprint density at radius 3 is 2.69 bits per heavy atom. The molecule has 1 atom stereocenters. The van der Waals surface area contributed by atoms with Crippen LogP contribution in [0.3, 0.4) is 0 Å². The SMILES string of the molecule is CC(C)C1CC(N2CCNCC2C(N)=O)C1. The first kappa shape index (κ1) is 11.9. The zero-order chi connectivity index (χ0) is 11.7. The van der Waals surface area contributed by atoms with Gasteiger partial charge in [-0.25, -0.2) is 0 Å². The van der Waals surface area contributed by atoms with Gasteiger partial charge in [0, 0.05) is 25.7 Å². The van der Waals surface area contributed by atoms with E-state index >= 15 is 0 Å². The molecule has 1 amide bonds. The minimum absolute atomic E-state index is 0.0909. The molecular weight excluding hydrogens is 202 g/mol. The van der Waals surface area contributed by atoms with Crippen LogP contribution >= 0.6 is 0 Å². The number of piperazine rings is 1. The van der Waals surface area contributed by atoms with Crippen LogP contribution in [0.15, 0.2) is 0 Å². The van der Waals surface area contributed by atoms with Gasteiger partial charge >= 0.3 is 0 Å². The van der Waals surface area contributed by atoms with Gasteiger partial charge in [-0.1, -0.05) is 13.8 Å². The van der Waals surface area contributed by atoms with E-state index in [-0.39, 0.29) is 11.9 Å². The van der Waals surface area contributed by atoms with Crippen molar-refractivity contribution in [3.05, 3.63) is 0 Å². The van der Waals surface area contributed by atoms with Crippen molar-refractivity contribution in [2.75, 3.05) is 19.6 Å². The Morgan fingerprint density at radius 2 is 2.12 bits per heavy atom. The molecule has 4 nitrogen and oxygen atoms in total. The Balaban J connectivity index is 1.90. The molecule has 0 bridgehead atoms. The van der Waals surface area contributed by atoms with Gasteiger partial charge in [0.15, 0.2) is 0 Å². The standard InChI is InChI=1S/C12H23N3O/c1-8(2)9-5-10(6-9)15-4-3-14-7-11(15)12(13)16/h8-11,14H,3-7H2,1-2H3,(H2,13,16). The van der Waals surface area contributed by atoms with Crippen LogP contribution in [0, 0.1) is 11.8 Å². The van der Waals surface area contributed by atoms with E-state index in [1.807, 2.05) is 0 Å². The van der Waals surface area contributed by atoms with Crippen molar-refractivity contribution in [2.45, 2.75) is 38.8 Å². The number of rotatable bonds is 3. The number of nitrogens with one attached hydrogen (secondary N) is 1. The summed E-state index contributed by atoms with van der Waals surface area (Å²) in [6.45, 7) is 7.22. The normalized spacial score (nSPS) is 36.1. The molecule has 0 spiro atoms. The summed E-state index contributed by atoms with van der Waals surface area (Å²) < 4.78 is 0. The molecule has 1 saturated carbocycles. The van der Waals surface area contributed by atoms with E-state index in [0.29, 0.717) is 6.04 Å². The van der Waals surface area contributed by atoms with Crippen molar-refractivity contribution in [1.82, 2.24) is 10.2 Å². The summed E-state index contributed by atoms with van der Waals surface area (Å²) in [5, 5.41) is 3.24. The molecular formula is C12H23N3O. The van der Waals surface area contributed by atoms with Gasteiger partial charge in [0.05, 0.1) is 0 Å². The van der Waals surface area contributed by atoms with Gasteiger partial charge in [-0.2, -0.15) is 0 Å². The number of nitrogens with two attached hydrogens (primary N) is 1. The summed E-state index contributed by atoms with van der Waals surface area (Å²) in [6, 6.07) is 0.499. The van der Waals surface area contributed by atoms with E-state index in [1.165, 1.54) is 12.8 Å². The van der Waals surface area contributed by atoms with Crippen molar-refractivity contribution >= 4 is 5.91 Å². The molecule has 2 rings (SSSR count). The highest BCUT2D eigenvalue weighted by Crippen LogP contribution is 2.37. The lowest BCUT2D eigenvalue weighted by Gasteiger charge is -2.48. The minimum atomic E-state index is -0.180. The first-order chi connectivity index (χ1) is 7.59. The van der Waals surface area contributed by atoms with Crippen molar-refractivity contribution in [3.8, 4) is 0 Å². The van der Waals surface area contributed by atoms with Crippen molar-refractivity contribution < 1.29 is 4.79 Å². The third kappa shape index (κ3) is 2.23. The molecule has 0 aromatic carbocycles. The van der Waals surface area contributed by atoms with E-state index in [4.69, 9.17) is 5.73 Å². The average Bonchev–Trinajstić information content (AvgIpc) is 2.15. The summed E-state index contributed by atoms with van der Waals surface area (Å²) >= 11 is 0. The summed E-state index contributed by atoms with van der Waals surface area (Å²) in [6.07, 6.45) is 2.48. The number of hydrogen-bond donors (Lipinski definition) is 2. The maximum atomic E-state index is 11.4. The van der Waals surface area contributed by atoms with Gasteiger partial charge in [-0.15, -0.1) is 0 Å². The molecule has 2 fully saturated rings. The third-order valence-electron chi connectivity index (χ3n) is 4.17. The second-order valence-corrected chi connectivity index (χ2v) is 5.49. The minimum Gasteiger partial charge on any atom is -0.368 e. The van der Waals surface area contributed by atoms with E-state index in [0.717, 1.165) is 31.5 Å². The molecule has 92 valence electrons. The fourth-order valence-corrected chi connectivity index (χ4v) is 2.87. The van der Waals surface area contributed by atoms with E-state index in [9.17, 15) is 4.79 Å². The third-order valence-corrected chi connectivity index (χ3v) is 4.17. The topological polar surface area (TPSA) is 58.4 Å². The summed E-state index contributed by atoms with van der Waals surface area (Å²) in [5.41, 5.74) is 5.45. The smallest absolute Gasteiger partial charge is 0.236 e. The Bertz CT molecular complexity index is 261. The molecule has 0 aromatic rings. The first-order valence-electron chi connectivity index (χ1n) is 6.35. The predicted octanol–water partition coefficient (Wildman–Crippen LogP) is 0.180. The number of primary amides is 1. The lowest BCUT2D eigenvalue weighted by Crippen LogP contribution is -2.62. The van der Waals surface area contributed by atoms with Crippen molar-refractivity contribution in [2.24, 2.45) is 17.6 Å². The van der Waals surface area contributed by atoms with Crippen LogP contribution in [0.25, 0.3) is 0 Å². The highest BCUT2D eigenvalue weighted by Gasteiger charge is 2.40. The zero-order valence-corrected chi connectivity index (χ0v) is 10.3. The van der Waals surface area contributed by atoms with Gasteiger partial charge in [0.1, 0.15) is 6.04 Å². The highest BCUT2D eigenvalue weighted by molar-refractivity contribution is 5.80. The fraction of sp³-hybridized carbons (Fsp3) is 0.917. The number of nitrogens with zero attached hydrogens (tertiary/aromatic N) is 1. The molecule has 3 N–H and O–H groups in total. The van der Waals surface area contributed by atoms with Crippen LogP contribution in [-0.2, 0) is 4.79 Å². The zero-order valence-electron chi connectivity index (χ0n) is 10.3. The van der Waals surface area contributed by atoms with E-state index in [1.54, 1.807) is 0 Å². The largest absolute Gasteiger partial charge is 0.368 e. The maximum absolute atomic E-state index is 11.4. The summed E-state index contributed by atoms with van der Waals surface area (Å²) in [7, 11) is 0. The summed E-state index contributed by atoms with van der Waals surface area (Å²) in [4.78, 5) is 13.7. The molecule has 16 heavy (non-hydrogen) atoms. The fourth-order valence-electron chi connectivity index (χ4n) is 2.87. The van der Waals surface area contributed by atoms with Gasteiger partial charge in [0.2, 0.25) is 5.91 Å². The number of hydrogen-bond acceptors (Lipinski definition) is 3. The average molecular weight is 225 g/mol. The molecule has 4 heteroatoms. The number of amides is 1. The monoisotopic (exact) mass is 225 g/mol. The van der Waals surface area contributed by atoms with Crippen LogP contribution in [0.4, 0.5) is 0 Å². The quantitative estimate of drug-likeness (QED) is 0.720. The molecule has 1 unspecified atom stereocenters. The maximum Gasteiger partial charge on any atom is 0.236 e. The Hall–Kier alpha value is -0.610. The van der Waals surface area contributed by atoms with Crippen molar-refractivity contribution in [3.63, 3.8) is 0 Å². The molecule has 1 aliphatic carbocycles. The number of carbonyl (C=O) groups excluding carboxylic acids is 1. The molecule has 2 aliphatic rings. The molecule has 1 heterocycles. The Labute approximate surface area is 97.6 Å². The van der Waals surface area contributed by atoms with Gasteiger partial charge in [-0.3, -0.25) is 9.69 Å². The Kier molecular flexibility index (Phi) is 3.50. The number of carbonyl (C=O) groups is 1. The highest BCUT2D eigenvalue weighted by atomic mass is 16.1. The van der Waals surface area contributed by atoms with E-state index < -0.39 is 0 Å². The molecule has 0 radical (unpaired) electrons. The predicted molar refractivity (Wildman–Crippen MR) is 63.9 cm³/mol. The second kappa shape index (κ2) is 4.72. The molecule has 0 aromatic heterocycles. The Morgan fingerprint density at radius 1 is 1.44 bits per heavy atom. The molecule has 1 saturated heterocycles. The van der Waals surface area contributed by atoms with Crippen molar-refractivity contribution in [1.29, 1.82) is 0 Å². The first-order valence-corrected chi connectivity index (χ1v) is 6.35. The lowest BCUT2D eigenvalue weighted by molar-refractivity contribution is -0.126. The van der Waals surface area contributed by atoms with Crippen LogP contribution in [-0.4, -0.2) is 42.5 Å². The van der Waals surface area contributed by atoms with Crippen LogP contribution < -0.4 is 11.1 Å². The second-order valence-electron chi connectivity index (χ2n) is 5.49. The van der Waals surface area contributed by atoms with Crippen LogP contribution in [0.1, 0.15) is 26.7 Å². The summed E-state index contributed by atoms with van der Waals surface area (Å²) in [5.74, 6) is 1.43. The molecule has 1 aliphatic heterocycles. The van der Waals surface area contributed by atoms with Gasteiger partial charge in [0.25, 0.3) is 0 Å².